The standard InChI is InChI=1S/C48H40Br2O12/c1-55-35-9-27(10-36(23-35)56-2)7-8-28-11-41(61-43-19-29(13-33(49)21-43)45(51)47(53)31-15-37(57-3)24-38(16-31)58-4)26-42(12-28)62-44-20-30(14-34(50)22-44)46(52)48(54)32-17-39(59-5)25-40(18-32)60-6/h9-26H,7-8H2,1-6H3. The fourth-order valence-electron chi connectivity index (χ4n) is 6.37. The number of methoxy groups -OCH3 is 6. The van der Waals surface area contributed by atoms with Crippen molar-refractivity contribution in [2.24, 2.45) is 0 Å². The maximum Gasteiger partial charge on any atom is 0.233 e. The van der Waals surface area contributed by atoms with Crippen molar-refractivity contribution in [3.05, 3.63) is 152 Å². The van der Waals surface area contributed by atoms with E-state index in [0.29, 0.717) is 67.8 Å². The van der Waals surface area contributed by atoms with Gasteiger partial charge < -0.3 is 37.9 Å². The molecule has 0 aliphatic carbocycles. The number of hydrogen-bond acceptors (Lipinski definition) is 12. The molecule has 0 radical (unpaired) electrons. The van der Waals surface area contributed by atoms with E-state index < -0.39 is 23.1 Å². The van der Waals surface area contributed by atoms with Crippen molar-refractivity contribution < 1.29 is 57.1 Å². The normalized spacial score (nSPS) is 10.6. The average Bonchev–Trinajstić information content (AvgIpc) is 3.28. The van der Waals surface area contributed by atoms with Gasteiger partial charge in [-0.2, -0.15) is 0 Å². The van der Waals surface area contributed by atoms with Crippen LogP contribution >= 0.6 is 31.9 Å². The Kier molecular flexibility index (Phi) is 14.7. The Balaban J connectivity index is 1.32. The van der Waals surface area contributed by atoms with Crippen LogP contribution in [0, 0.1) is 0 Å². The summed E-state index contributed by atoms with van der Waals surface area (Å²) in [7, 11) is 8.98. The lowest BCUT2D eigenvalue weighted by Crippen LogP contribution is -2.15. The highest BCUT2D eigenvalue weighted by atomic mass is 79.9. The van der Waals surface area contributed by atoms with Gasteiger partial charge in [0.05, 0.1) is 42.7 Å². The second-order valence-electron chi connectivity index (χ2n) is 13.6. The van der Waals surface area contributed by atoms with Gasteiger partial charge in [0.15, 0.2) is 0 Å². The lowest BCUT2D eigenvalue weighted by atomic mass is 10.0. The molecule has 0 bridgehead atoms. The van der Waals surface area contributed by atoms with Gasteiger partial charge in [0.25, 0.3) is 0 Å². The third kappa shape index (κ3) is 11.2. The second-order valence-corrected chi connectivity index (χ2v) is 15.4. The molecule has 0 heterocycles. The minimum absolute atomic E-state index is 0.0778. The van der Waals surface area contributed by atoms with Crippen LogP contribution in [0.4, 0.5) is 0 Å². The van der Waals surface area contributed by atoms with Crippen LogP contribution in [0.3, 0.4) is 0 Å². The molecular weight excluding hydrogens is 928 g/mol. The van der Waals surface area contributed by atoms with Gasteiger partial charge >= 0.3 is 0 Å². The first-order chi connectivity index (χ1) is 29.8. The summed E-state index contributed by atoms with van der Waals surface area (Å²) in [6, 6.07) is 29.3. The Morgan fingerprint density at radius 3 is 0.855 bits per heavy atom. The van der Waals surface area contributed by atoms with E-state index in [1.807, 2.05) is 24.3 Å². The topological polar surface area (TPSA) is 142 Å². The number of ketones is 4. The Bertz CT molecular complexity index is 2460. The van der Waals surface area contributed by atoms with Gasteiger partial charge in [-0.3, -0.25) is 19.2 Å². The molecule has 0 saturated heterocycles. The summed E-state index contributed by atoms with van der Waals surface area (Å²) in [5, 5.41) is 0. The van der Waals surface area contributed by atoms with E-state index in [9.17, 15) is 19.2 Å². The maximum absolute atomic E-state index is 13.6. The molecule has 0 atom stereocenters. The number of carbonyl (C=O) groups excluding carboxylic acids is 4. The summed E-state index contributed by atoms with van der Waals surface area (Å²) in [6.45, 7) is 0. The molecule has 12 nitrogen and oxygen atoms in total. The average molecular weight is 969 g/mol. The highest BCUT2D eigenvalue weighted by molar-refractivity contribution is 9.10. The molecular formula is C48H40Br2O12. The third-order valence-electron chi connectivity index (χ3n) is 9.43. The van der Waals surface area contributed by atoms with Crippen LogP contribution in [-0.4, -0.2) is 65.8 Å². The zero-order valence-electron chi connectivity index (χ0n) is 34.5. The van der Waals surface area contributed by atoms with E-state index >= 15 is 0 Å². The lowest BCUT2D eigenvalue weighted by molar-refractivity contribution is 0.0816. The summed E-state index contributed by atoms with van der Waals surface area (Å²) in [5.41, 5.74) is 2.11. The lowest BCUT2D eigenvalue weighted by Gasteiger charge is -2.14. The van der Waals surface area contributed by atoms with Crippen molar-refractivity contribution in [1.29, 1.82) is 0 Å². The third-order valence-corrected chi connectivity index (χ3v) is 10.3. The van der Waals surface area contributed by atoms with Crippen LogP contribution in [0.5, 0.6) is 57.5 Å². The van der Waals surface area contributed by atoms with Crippen LogP contribution < -0.4 is 37.9 Å². The van der Waals surface area contributed by atoms with E-state index in [-0.39, 0.29) is 33.8 Å². The number of aryl methyl sites for hydroxylation is 2. The zero-order valence-corrected chi connectivity index (χ0v) is 37.6. The molecule has 0 aromatic heterocycles. The first kappa shape index (κ1) is 44.9. The minimum atomic E-state index is -0.776. The van der Waals surface area contributed by atoms with Gasteiger partial charge in [-0.05, 0) is 109 Å². The van der Waals surface area contributed by atoms with E-state index in [0.717, 1.165) is 11.1 Å². The van der Waals surface area contributed by atoms with E-state index in [1.165, 1.54) is 77.0 Å². The molecule has 0 unspecified atom stereocenters. The number of halogens is 2. The van der Waals surface area contributed by atoms with Crippen LogP contribution in [0.15, 0.2) is 118 Å². The van der Waals surface area contributed by atoms with Crippen molar-refractivity contribution in [3.8, 4) is 57.5 Å². The highest BCUT2D eigenvalue weighted by Crippen LogP contribution is 2.35. The SMILES string of the molecule is COc1cc(CCc2cc(Oc3cc(Br)cc(C(=O)C(=O)c4cc(OC)cc(OC)c4)c3)cc(Oc3cc(Br)cc(C(=O)C(=O)c4cc(OC)cc(OC)c4)c3)c2)cc(OC)c1. The molecule has 0 N–H and O–H groups in total. The zero-order chi connectivity index (χ0) is 44.5. The number of rotatable bonds is 19. The molecule has 6 rings (SSSR count). The monoisotopic (exact) mass is 966 g/mol. The molecule has 14 heteroatoms. The minimum Gasteiger partial charge on any atom is -0.497 e. The molecule has 6 aromatic rings. The van der Waals surface area contributed by atoms with Crippen molar-refractivity contribution >= 4 is 55.0 Å². The maximum atomic E-state index is 13.6. The predicted octanol–water partition coefficient (Wildman–Crippen LogP) is 10.8. The van der Waals surface area contributed by atoms with Gasteiger partial charge in [-0.1, -0.05) is 31.9 Å². The number of benzene rings is 6. The molecule has 0 fully saturated rings. The Hall–Kier alpha value is -6.64. The fraction of sp³-hybridized carbons (Fsp3) is 0.167. The summed E-state index contributed by atoms with van der Waals surface area (Å²) >= 11 is 6.92. The first-order valence-electron chi connectivity index (χ1n) is 18.8. The molecule has 0 aliphatic heterocycles. The van der Waals surface area contributed by atoms with Gasteiger partial charge in [-0.15, -0.1) is 0 Å². The largest absolute Gasteiger partial charge is 0.497 e. The Labute approximate surface area is 374 Å². The van der Waals surface area contributed by atoms with Gasteiger partial charge in [0.1, 0.15) is 57.5 Å². The Morgan fingerprint density at radius 1 is 0.323 bits per heavy atom. The van der Waals surface area contributed by atoms with Crippen LogP contribution in [-0.2, 0) is 12.8 Å². The summed E-state index contributed by atoms with van der Waals surface area (Å²) in [6.07, 6.45) is 1.10. The van der Waals surface area contributed by atoms with Crippen molar-refractivity contribution in [2.75, 3.05) is 42.7 Å². The molecule has 0 amide bonds. The van der Waals surface area contributed by atoms with E-state index in [1.54, 1.807) is 50.6 Å². The van der Waals surface area contributed by atoms with Gasteiger partial charge in [-0.25, -0.2) is 0 Å². The summed E-state index contributed by atoms with van der Waals surface area (Å²) < 4.78 is 45.8. The van der Waals surface area contributed by atoms with Crippen LogP contribution in [0.2, 0.25) is 0 Å². The first-order valence-corrected chi connectivity index (χ1v) is 20.4. The van der Waals surface area contributed by atoms with Crippen LogP contribution in [0.25, 0.3) is 0 Å². The number of carbonyl (C=O) groups is 4. The molecule has 6 aromatic carbocycles. The number of Topliss-reactive ketones (excluding diaryl/α,β-unsaturated/α-hetero) is 4. The van der Waals surface area contributed by atoms with E-state index in [4.69, 9.17) is 37.9 Å². The second kappa shape index (κ2) is 20.3. The quantitative estimate of drug-likeness (QED) is 0.0563. The Morgan fingerprint density at radius 2 is 0.548 bits per heavy atom. The molecule has 0 spiro atoms. The number of ether oxygens (including phenoxy) is 8. The van der Waals surface area contributed by atoms with Gasteiger partial charge in [0, 0.05) is 55.5 Å². The number of hydrogen-bond donors (Lipinski definition) is 0. The molecule has 0 aliphatic rings. The molecule has 62 heavy (non-hydrogen) atoms. The molecule has 0 saturated carbocycles. The fourth-order valence-corrected chi connectivity index (χ4v) is 7.32. The van der Waals surface area contributed by atoms with E-state index in [2.05, 4.69) is 31.9 Å². The van der Waals surface area contributed by atoms with Crippen molar-refractivity contribution in [2.45, 2.75) is 12.8 Å². The van der Waals surface area contributed by atoms with Gasteiger partial charge in [0.2, 0.25) is 23.1 Å². The summed E-state index contributed by atoms with van der Waals surface area (Å²) in [5.74, 6) is 0.822. The van der Waals surface area contributed by atoms with Crippen molar-refractivity contribution in [1.82, 2.24) is 0 Å². The predicted molar refractivity (Wildman–Crippen MR) is 238 cm³/mol. The van der Waals surface area contributed by atoms with Crippen molar-refractivity contribution in [3.63, 3.8) is 0 Å². The molecule has 318 valence electrons. The van der Waals surface area contributed by atoms with Crippen LogP contribution in [0.1, 0.15) is 52.6 Å². The smallest absolute Gasteiger partial charge is 0.233 e. The highest BCUT2D eigenvalue weighted by Gasteiger charge is 2.23. The summed E-state index contributed by atoms with van der Waals surface area (Å²) in [4.78, 5) is 54.1.